The first-order valence-electron chi connectivity index (χ1n) is 14.4. The molecule has 3 aromatic rings. The number of rotatable bonds is 6. The molecule has 2 heterocycles. The zero-order chi connectivity index (χ0) is 30.6. The van der Waals surface area contributed by atoms with Crippen LogP contribution in [-0.2, 0) is 16.0 Å². The molecule has 0 bridgehead atoms. The van der Waals surface area contributed by atoms with Crippen LogP contribution in [0.2, 0.25) is 0 Å². The molecule has 0 amide bonds. The van der Waals surface area contributed by atoms with Gasteiger partial charge in [0.25, 0.3) is 0 Å². The number of ketones is 2. The van der Waals surface area contributed by atoms with E-state index in [0.717, 1.165) is 18.4 Å². The van der Waals surface area contributed by atoms with Crippen LogP contribution in [0.5, 0.6) is 17.2 Å². The molecule has 2 aromatic carbocycles. The van der Waals surface area contributed by atoms with Crippen LogP contribution in [0.15, 0.2) is 36.7 Å². The number of hydrogen-bond donors (Lipinski definition) is 5. The van der Waals surface area contributed by atoms with Gasteiger partial charge < -0.3 is 39.6 Å². The molecule has 3 aliphatic rings. The average Bonchev–Trinajstić information content (AvgIpc) is 3.69. The highest BCUT2D eigenvalue weighted by Crippen LogP contribution is 2.51. The number of ether oxygens (including phenoxy) is 3. The van der Waals surface area contributed by atoms with Gasteiger partial charge in [0.05, 0.1) is 11.7 Å². The van der Waals surface area contributed by atoms with Crippen molar-refractivity contribution in [2.75, 3.05) is 0 Å². The van der Waals surface area contributed by atoms with Crippen molar-refractivity contribution in [3.8, 4) is 17.2 Å². The number of carbonyl (C=O) groups is 3. The number of phenols is 1. The van der Waals surface area contributed by atoms with Crippen molar-refractivity contribution in [2.45, 2.75) is 82.6 Å². The first kappa shape index (κ1) is 29.1. The number of aromatic hydroxyl groups is 1. The standard InChI is InChI=1S/C32H33NO10/c1-14-25(35)29(39)30(40)32(41-14)43-31-21(11-16-9-10-33-13-16)23-24(28(38)22(31)17-5-3-4-6-17)26(36)19-8-7-18(42-15(2)34)12-20(19)27(23)37/h7-10,12-14,17,25,29-30,32-33,35,38-40H,3-6,11H2,1-2H3. The molecule has 1 saturated carbocycles. The summed E-state index contributed by atoms with van der Waals surface area (Å²) in [5.41, 5.74) is 1.28. The second-order valence-corrected chi connectivity index (χ2v) is 11.5. The van der Waals surface area contributed by atoms with Crippen molar-refractivity contribution in [1.82, 2.24) is 4.98 Å². The van der Waals surface area contributed by atoms with E-state index in [2.05, 4.69) is 4.98 Å². The summed E-state index contributed by atoms with van der Waals surface area (Å²) in [4.78, 5) is 42.9. The highest BCUT2D eigenvalue weighted by atomic mass is 16.7. The SMILES string of the molecule is CC(=O)Oc1ccc2c(c1)C(=O)c1c(Cc3cc[nH]c3)c(OC3OC(C)C(O)C(O)C3O)c(C3CCCC3)c(O)c1C2=O. The lowest BCUT2D eigenvalue weighted by Gasteiger charge is -2.40. The molecular weight excluding hydrogens is 558 g/mol. The number of aromatic amines is 1. The van der Waals surface area contributed by atoms with Gasteiger partial charge in [-0.25, -0.2) is 0 Å². The third kappa shape index (κ3) is 5.02. The Hall–Kier alpha value is -4.03. The van der Waals surface area contributed by atoms with E-state index in [1.165, 1.54) is 32.0 Å². The van der Waals surface area contributed by atoms with Crippen LogP contribution < -0.4 is 9.47 Å². The summed E-state index contributed by atoms with van der Waals surface area (Å²) in [6.07, 6.45) is -0.213. The summed E-state index contributed by atoms with van der Waals surface area (Å²) in [7, 11) is 0. The van der Waals surface area contributed by atoms with Crippen LogP contribution >= 0.6 is 0 Å². The Kier molecular flexibility index (Phi) is 7.59. The highest BCUT2D eigenvalue weighted by Gasteiger charge is 2.46. The minimum atomic E-state index is -1.65. The number of aliphatic hydroxyl groups excluding tert-OH is 3. The van der Waals surface area contributed by atoms with Gasteiger partial charge in [-0.3, -0.25) is 14.4 Å². The zero-order valence-corrected chi connectivity index (χ0v) is 23.7. The molecule has 5 unspecified atom stereocenters. The average molecular weight is 592 g/mol. The molecule has 226 valence electrons. The molecule has 1 saturated heterocycles. The van der Waals surface area contributed by atoms with E-state index in [4.69, 9.17) is 14.2 Å². The number of esters is 1. The van der Waals surface area contributed by atoms with Crippen LogP contribution in [0.3, 0.4) is 0 Å². The lowest BCUT2D eigenvalue weighted by atomic mass is 9.76. The van der Waals surface area contributed by atoms with Crippen molar-refractivity contribution < 1.29 is 49.0 Å². The summed E-state index contributed by atoms with van der Waals surface area (Å²) >= 11 is 0. The number of nitrogens with one attached hydrogen (secondary N) is 1. The molecule has 1 aliphatic heterocycles. The monoisotopic (exact) mass is 591 g/mol. The van der Waals surface area contributed by atoms with E-state index in [0.29, 0.717) is 24.0 Å². The van der Waals surface area contributed by atoms with Crippen LogP contribution in [0.1, 0.15) is 94.0 Å². The summed E-state index contributed by atoms with van der Waals surface area (Å²) in [5, 5.41) is 43.4. The van der Waals surface area contributed by atoms with E-state index < -0.39 is 48.2 Å². The first-order valence-corrected chi connectivity index (χ1v) is 14.4. The van der Waals surface area contributed by atoms with Crippen LogP contribution in [-0.4, -0.2) is 73.7 Å². The Morgan fingerprint density at radius 2 is 1.72 bits per heavy atom. The fourth-order valence-corrected chi connectivity index (χ4v) is 6.46. The number of H-pyrrole nitrogens is 1. The molecule has 6 rings (SSSR count). The second-order valence-electron chi connectivity index (χ2n) is 11.5. The molecule has 5 N–H and O–H groups in total. The van der Waals surface area contributed by atoms with Gasteiger partial charge in [-0.1, -0.05) is 12.8 Å². The number of benzene rings is 2. The number of phenolic OH excluding ortho intramolecular Hbond substituents is 1. The molecule has 2 aliphatic carbocycles. The number of aliphatic hydroxyl groups is 3. The number of carbonyl (C=O) groups excluding carboxylic acids is 3. The normalized spacial score (nSPS) is 25.4. The highest BCUT2D eigenvalue weighted by molar-refractivity contribution is 6.30. The second kappa shape index (κ2) is 11.2. The predicted molar refractivity (Wildman–Crippen MR) is 151 cm³/mol. The Bertz CT molecular complexity index is 1590. The van der Waals surface area contributed by atoms with Crippen molar-refractivity contribution in [3.63, 3.8) is 0 Å². The first-order chi connectivity index (χ1) is 20.6. The quantitative estimate of drug-likeness (QED) is 0.166. The minimum absolute atomic E-state index is 0.00616. The van der Waals surface area contributed by atoms with Gasteiger partial charge in [0, 0.05) is 53.6 Å². The number of hydrogen-bond acceptors (Lipinski definition) is 10. The Balaban J connectivity index is 1.59. The summed E-state index contributed by atoms with van der Waals surface area (Å²) in [6.45, 7) is 2.75. The summed E-state index contributed by atoms with van der Waals surface area (Å²) in [6, 6.07) is 5.96. The summed E-state index contributed by atoms with van der Waals surface area (Å²) in [5.74, 6) is -2.13. The Morgan fingerprint density at radius 1 is 1.00 bits per heavy atom. The van der Waals surface area contributed by atoms with Crippen LogP contribution in [0.4, 0.5) is 0 Å². The molecule has 5 atom stereocenters. The topological polar surface area (TPSA) is 176 Å². The lowest BCUT2D eigenvalue weighted by Crippen LogP contribution is -2.58. The van der Waals surface area contributed by atoms with Crippen LogP contribution in [0, 0.1) is 0 Å². The van der Waals surface area contributed by atoms with E-state index in [-0.39, 0.29) is 51.8 Å². The van der Waals surface area contributed by atoms with Crippen molar-refractivity contribution in [2.24, 2.45) is 0 Å². The maximum atomic E-state index is 14.3. The smallest absolute Gasteiger partial charge is 0.308 e. The van der Waals surface area contributed by atoms with Gasteiger partial charge in [-0.2, -0.15) is 0 Å². The molecule has 11 nitrogen and oxygen atoms in total. The Morgan fingerprint density at radius 3 is 2.40 bits per heavy atom. The summed E-state index contributed by atoms with van der Waals surface area (Å²) < 4.78 is 17.3. The minimum Gasteiger partial charge on any atom is -0.507 e. The predicted octanol–water partition coefficient (Wildman–Crippen LogP) is 2.88. The third-order valence-corrected chi connectivity index (χ3v) is 8.61. The van der Waals surface area contributed by atoms with Gasteiger partial charge in [0.2, 0.25) is 6.29 Å². The van der Waals surface area contributed by atoms with E-state index >= 15 is 0 Å². The van der Waals surface area contributed by atoms with E-state index in [9.17, 15) is 34.8 Å². The lowest BCUT2D eigenvalue weighted by molar-refractivity contribution is -0.268. The molecule has 11 heteroatoms. The van der Waals surface area contributed by atoms with Gasteiger partial charge in [-0.15, -0.1) is 0 Å². The molecule has 0 radical (unpaired) electrons. The Labute approximate surface area is 247 Å². The van der Waals surface area contributed by atoms with Gasteiger partial charge in [0.15, 0.2) is 11.6 Å². The van der Waals surface area contributed by atoms with Crippen LogP contribution in [0.25, 0.3) is 0 Å². The third-order valence-electron chi connectivity index (χ3n) is 8.61. The van der Waals surface area contributed by atoms with Crippen molar-refractivity contribution in [3.05, 3.63) is 75.6 Å². The number of aromatic nitrogens is 1. The molecule has 43 heavy (non-hydrogen) atoms. The van der Waals surface area contributed by atoms with E-state index in [1.807, 2.05) is 0 Å². The number of fused-ring (bicyclic) bond motifs is 2. The van der Waals surface area contributed by atoms with E-state index in [1.54, 1.807) is 18.5 Å². The fourth-order valence-electron chi connectivity index (χ4n) is 6.46. The largest absolute Gasteiger partial charge is 0.507 e. The molecule has 0 spiro atoms. The van der Waals surface area contributed by atoms with Gasteiger partial charge in [0.1, 0.15) is 35.6 Å². The van der Waals surface area contributed by atoms with Crippen molar-refractivity contribution >= 4 is 17.5 Å². The maximum absolute atomic E-state index is 14.3. The molecular formula is C32H33NO10. The maximum Gasteiger partial charge on any atom is 0.308 e. The molecule has 1 aromatic heterocycles. The van der Waals surface area contributed by atoms with Crippen molar-refractivity contribution in [1.29, 1.82) is 0 Å². The fraction of sp³-hybridized carbons (Fsp3) is 0.406. The van der Waals surface area contributed by atoms with Gasteiger partial charge in [-0.05, 0) is 55.5 Å². The zero-order valence-electron chi connectivity index (χ0n) is 23.7. The van der Waals surface area contributed by atoms with Gasteiger partial charge >= 0.3 is 5.97 Å². The molecule has 2 fully saturated rings.